The van der Waals surface area contributed by atoms with E-state index in [1.807, 2.05) is 0 Å². The standard InChI is InChI=1S/C13H17FO3/c1-9(15)12-5-4-11(6-13(12)14)17-8-16-7-10-2-3-10/h4-6,9-10,15H,2-3,7-8H2,1H3. The molecule has 1 fully saturated rings. The second-order valence-electron chi connectivity index (χ2n) is 4.44. The zero-order chi connectivity index (χ0) is 12.3. The van der Waals surface area contributed by atoms with Crippen LogP contribution in [0.5, 0.6) is 5.75 Å². The van der Waals surface area contributed by atoms with Gasteiger partial charge in [-0.3, -0.25) is 0 Å². The van der Waals surface area contributed by atoms with Crippen LogP contribution in [0.15, 0.2) is 18.2 Å². The quantitative estimate of drug-likeness (QED) is 0.613. The van der Waals surface area contributed by atoms with E-state index in [-0.39, 0.29) is 12.4 Å². The number of rotatable bonds is 6. The highest BCUT2D eigenvalue weighted by molar-refractivity contribution is 5.29. The summed E-state index contributed by atoms with van der Waals surface area (Å²) in [6, 6.07) is 4.42. The van der Waals surface area contributed by atoms with Crippen molar-refractivity contribution in [2.24, 2.45) is 5.92 Å². The van der Waals surface area contributed by atoms with Gasteiger partial charge in [-0.05, 0) is 37.8 Å². The Balaban J connectivity index is 1.81. The van der Waals surface area contributed by atoms with Gasteiger partial charge in [0.2, 0.25) is 0 Å². The van der Waals surface area contributed by atoms with Crippen LogP contribution >= 0.6 is 0 Å². The lowest BCUT2D eigenvalue weighted by atomic mass is 10.1. The summed E-state index contributed by atoms with van der Waals surface area (Å²) in [4.78, 5) is 0. The zero-order valence-electron chi connectivity index (χ0n) is 9.86. The molecule has 1 aliphatic carbocycles. The molecule has 0 bridgehead atoms. The lowest BCUT2D eigenvalue weighted by Crippen LogP contribution is -2.05. The molecule has 94 valence electrons. The van der Waals surface area contributed by atoms with Gasteiger partial charge in [0.25, 0.3) is 0 Å². The van der Waals surface area contributed by atoms with Crippen molar-refractivity contribution in [1.29, 1.82) is 0 Å². The number of benzene rings is 1. The fourth-order valence-corrected chi connectivity index (χ4v) is 1.55. The lowest BCUT2D eigenvalue weighted by molar-refractivity contribution is 0.00979. The molecule has 1 atom stereocenters. The van der Waals surface area contributed by atoms with Crippen LogP contribution in [0.1, 0.15) is 31.4 Å². The average Bonchev–Trinajstić information content (AvgIpc) is 3.08. The molecule has 0 radical (unpaired) electrons. The van der Waals surface area contributed by atoms with Gasteiger partial charge in [-0.25, -0.2) is 4.39 Å². The fourth-order valence-electron chi connectivity index (χ4n) is 1.55. The van der Waals surface area contributed by atoms with E-state index in [1.165, 1.54) is 31.9 Å². The summed E-state index contributed by atoms with van der Waals surface area (Å²) in [5.41, 5.74) is 0.274. The third kappa shape index (κ3) is 3.68. The van der Waals surface area contributed by atoms with Gasteiger partial charge < -0.3 is 14.6 Å². The minimum atomic E-state index is -0.810. The van der Waals surface area contributed by atoms with Crippen LogP contribution in [-0.2, 0) is 4.74 Å². The molecule has 4 heteroatoms. The molecular weight excluding hydrogens is 223 g/mol. The summed E-state index contributed by atoms with van der Waals surface area (Å²) in [7, 11) is 0. The van der Waals surface area contributed by atoms with Crippen LogP contribution in [0.4, 0.5) is 4.39 Å². The van der Waals surface area contributed by atoms with Crippen molar-refractivity contribution in [3.63, 3.8) is 0 Å². The van der Waals surface area contributed by atoms with Gasteiger partial charge in [0.1, 0.15) is 11.6 Å². The molecule has 0 amide bonds. The molecule has 0 heterocycles. The summed E-state index contributed by atoms with van der Waals surface area (Å²) >= 11 is 0. The first-order valence-corrected chi connectivity index (χ1v) is 5.85. The van der Waals surface area contributed by atoms with Crippen LogP contribution in [0, 0.1) is 11.7 Å². The van der Waals surface area contributed by atoms with Crippen LogP contribution in [0.25, 0.3) is 0 Å². The van der Waals surface area contributed by atoms with Crippen molar-refractivity contribution in [2.45, 2.75) is 25.9 Å². The maximum Gasteiger partial charge on any atom is 0.189 e. The molecule has 2 rings (SSSR count). The molecular formula is C13H17FO3. The normalized spacial score (nSPS) is 16.9. The Morgan fingerprint density at radius 3 is 2.82 bits per heavy atom. The van der Waals surface area contributed by atoms with Crippen LogP contribution in [0.2, 0.25) is 0 Å². The summed E-state index contributed by atoms with van der Waals surface area (Å²) in [6.45, 7) is 2.38. The summed E-state index contributed by atoms with van der Waals surface area (Å²) in [6.07, 6.45) is 1.66. The van der Waals surface area contributed by atoms with Crippen molar-refractivity contribution in [3.8, 4) is 5.75 Å². The first-order valence-electron chi connectivity index (χ1n) is 5.85. The van der Waals surface area contributed by atoms with Gasteiger partial charge >= 0.3 is 0 Å². The Labute approximate surface area is 100 Å². The molecule has 0 aromatic heterocycles. The van der Waals surface area contributed by atoms with Gasteiger partial charge in [-0.15, -0.1) is 0 Å². The minimum absolute atomic E-state index is 0.143. The zero-order valence-corrected chi connectivity index (χ0v) is 9.86. The van der Waals surface area contributed by atoms with Crippen molar-refractivity contribution < 1.29 is 19.0 Å². The van der Waals surface area contributed by atoms with Gasteiger partial charge in [0.15, 0.2) is 6.79 Å². The Morgan fingerprint density at radius 1 is 1.47 bits per heavy atom. The van der Waals surface area contributed by atoms with Gasteiger partial charge in [0.05, 0.1) is 12.7 Å². The SMILES string of the molecule is CC(O)c1ccc(OCOCC2CC2)cc1F. The van der Waals surface area contributed by atoms with Gasteiger partial charge in [-0.1, -0.05) is 0 Å². The molecule has 1 saturated carbocycles. The van der Waals surface area contributed by atoms with Crippen molar-refractivity contribution in [1.82, 2.24) is 0 Å². The minimum Gasteiger partial charge on any atom is -0.467 e. The van der Waals surface area contributed by atoms with E-state index >= 15 is 0 Å². The maximum atomic E-state index is 13.5. The van der Waals surface area contributed by atoms with E-state index in [9.17, 15) is 9.50 Å². The summed E-state index contributed by atoms with van der Waals surface area (Å²) in [5, 5.41) is 9.27. The maximum absolute atomic E-state index is 13.5. The predicted octanol–water partition coefficient (Wildman–Crippen LogP) is 2.64. The molecule has 0 aliphatic heterocycles. The Morgan fingerprint density at radius 2 is 2.24 bits per heavy atom. The first-order chi connectivity index (χ1) is 8.16. The molecule has 1 N–H and O–H groups in total. The molecule has 3 nitrogen and oxygen atoms in total. The smallest absolute Gasteiger partial charge is 0.189 e. The van der Waals surface area contributed by atoms with Crippen molar-refractivity contribution >= 4 is 0 Å². The first kappa shape index (κ1) is 12.3. The Hall–Kier alpha value is -1.13. The molecule has 1 aliphatic rings. The van der Waals surface area contributed by atoms with Crippen molar-refractivity contribution in [3.05, 3.63) is 29.6 Å². The topological polar surface area (TPSA) is 38.7 Å². The third-order valence-corrected chi connectivity index (χ3v) is 2.78. The monoisotopic (exact) mass is 240 g/mol. The Bertz CT molecular complexity index is 375. The van der Waals surface area contributed by atoms with Gasteiger partial charge in [-0.2, -0.15) is 0 Å². The third-order valence-electron chi connectivity index (χ3n) is 2.78. The highest BCUT2D eigenvalue weighted by Gasteiger charge is 2.21. The highest BCUT2D eigenvalue weighted by atomic mass is 19.1. The largest absolute Gasteiger partial charge is 0.467 e. The van der Waals surface area contributed by atoms with E-state index in [1.54, 1.807) is 6.07 Å². The molecule has 0 saturated heterocycles. The van der Waals surface area contributed by atoms with Crippen LogP contribution in [0.3, 0.4) is 0 Å². The molecule has 0 spiro atoms. The number of ether oxygens (including phenoxy) is 2. The van der Waals surface area contributed by atoms with Crippen molar-refractivity contribution in [2.75, 3.05) is 13.4 Å². The number of hydrogen-bond donors (Lipinski definition) is 1. The molecule has 1 aromatic carbocycles. The molecule has 17 heavy (non-hydrogen) atoms. The second kappa shape index (κ2) is 5.47. The van der Waals surface area contributed by atoms with E-state index in [0.29, 0.717) is 18.3 Å². The number of aliphatic hydroxyl groups is 1. The second-order valence-corrected chi connectivity index (χ2v) is 4.44. The van der Waals surface area contributed by atoms with Gasteiger partial charge in [0, 0.05) is 11.6 Å². The highest BCUT2D eigenvalue weighted by Crippen LogP contribution is 2.28. The Kier molecular flexibility index (Phi) is 3.97. The molecule has 1 aromatic rings. The van der Waals surface area contributed by atoms with Crippen LogP contribution < -0.4 is 4.74 Å². The predicted molar refractivity (Wildman–Crippen MR) is 61.2 cm³/mol. The van der Waals surface area contributed by atoms with E-state index < -0.39 is 11.9 Å². The van der Waals surface area contributed by atoms with E-state index in [2.05, 4.69) is 0 Å². The van der Waals surface area contributed by atoms with E-state index in [4.69, 9.17) is 9.47 Å². The number of halogens is 1. The average molecular weight is 240 g/mol. The molecule has 1 unspecified atom stereocenters. The summed E-state index contributed by atoms with van der Waals surface area (Å²) < 4.78 is 24.0. The lowest BCUT2D eigenvalue weighted by Gasteiger charge is -2.10. The number of hydrogen-bond acceptors (Lipinski definition) is 3. The number of aliphatic hydroxyl groups excluding tert-OH is 1. The fraction of sp³-hybridized carbons (Fsp3) is 0.538. The summed E-state index contributed by atoms with van der Waals surface area (Å²) in [5.74, 6) is 0.648. The van der Waals surface area contributed by atoms with E-state index in [0.717, 1.165) is 0 Å². The van der Waals surface area contributed by atoms with Crippen LogP contribution in [-0.4, -0.2) is 18.5 Å².